The predicted molar refractivity (Wildman–Crippen MR) is 83.2 cm³/mol. The topological polar surface area (TPSA) is 6.48 Å². The predicted octanol–water partition coefficient (Wildman–Crippen LogP) is 3.47. The van der Waals surface area contributed by atoms with Crippen LogP contribution in [0.3, 0.4) is 0 Å². The Labute approximate surface area is 122 Å². The van der Waals surface area contributed by atoms with Gasteiger partial charge in [0.2, 0.25) is 0 Å². The van der Waals surface area contributed by atoms with Crippen molar-refractivity contribution in [1.29, 1.82) is 0 Å². The molecular formula is C16H25ClN2. The number of rotatable bonds is 4. The average molecular weight is 281 g/mol. The van der Waals surface area contributed by atoms with Gasteiger partial charge in [-0.05, 0) is 31.9 Å². The molecule has 1 aliphatic heterocycles. The number of hydrogen-bond acceptors (Lipinski definition) is 2. The lowest BCUT2D eigenvalue weighted by atomic mass is 9.82. The van der Waals surface area contributed by atoms with E-state index in [0.717, 1.165) is 44.1 Å². The summed E-state index contributed by atoms with van der Waals surface area (Å²) in [4.78, 5) is 4.86. The van der Waals surface area contributed by atoms with E-state index in [4.69, 9.17) is 11.6 Å². The van der Waals surface area contributed by atoms with Crippen molar-refractivity contribution < 1.29 is 0 Å². The number of likely N-dealkylation sites (N-methyl/N-ethyl adjacent to an activating group) is 1. The Balaban J connectivity index is 1.98. The lowest BCUT2D eigenvalue weighted by Crippen LogP contribution is -2.45. The zero-order valence-corrected chi connectivity index (χ0v) is 12.9. The molecule has 2 nitrogen and oxygen atoms in total. The van der Waals surface area contributed by atoms with Crippen LogP contribution in [-0.2, 0) is 0 Å². The van der Waals surface area contributed by atoms with Crippen LogP contribution in [0.1, 0.15) is 19.8 Å². The molecule has 1 aliphatic carbocycles. The molecule has 2 unspecified atom stereocenters. The highest BCUT2D eigenvalue weighted by atomic mass is 35.5. The first kappa shape index (κ1) is 14.7. The fraction of sp³-hybridized carbons (Fsp3) is 0.625. The fourth-order valence-electron chi connectivity index (χ4n) is 3.02. The van der Waals surface area contributed by atoms with Crippen LogP contribution in [0.2, 0.25) is 0 Å². The normalized spacial score (nSPS) is 26.2. The summed E-state index contributed by atoms with van der Waals surface area (Å²) < 4.78 is 0. The van der Waals surface area contributed by atoms with Gasteiger partial charge in [-0.15, -0.1) is 0 Å². The first-order valence-corrected chi connectivity index (χ1v) is 7.65. The Morgan fingerprint density at radius 1 is 1.42 bits per heavy atom. The minimum absolute atomic E-state index is 0.542. The summed E-state index contributed by atoms with van der Waals surface area (Å²) in [7, 11) is 2.19. The maximum Gasteiger partial charge on any atom is 0.0363 e. The van der Waals surface area contributed by atoms with Gasteiger partial charge in [0.25, 0.3) is 0 Å². The van der Waals surface area contributed by atoms with Crippen LogP contribution in [0.5, 0.6) is 0 Å². The Morgan fingerprint density at radius 3 is 2.63 bits per heavy atom. The summed E-state index contributed by atoms with van der Waals surface area (Å²) in [5, 5.41) is 0.872. The molecular weight excluding hydrogens is 256 g/mol. The molecule has 0 aromatic carbocycles. The number of nitrogens with zero attached hydrogens (tertiary/aromatic N) is 2. The number of halogens is 1. The highest BCUT2D eigenvalue weighted by molar-refractivity contribution is 6.31. The summed E-state index contributed by atoms with van der Waals surface area (Å²) in [5.74, 6) is 1.10. The molecule has 106 valence electrons. The van der Waals surface area contributed by atoms with Gasteiger partial charge in [0.1, 0.15) is 0 Å². The smallest absolute Gasteiger partial charge is 0.0363 e. The van der Waals surface area contributed by atoms with Crippen molar-refractivity contribution >= 4 is 11.6 Å². The first-order chi connectivity index (χ1) is 9.11. The van der Waals surface area contributed by atoms with Gasteiger partial charge in [0, 0.05) is 42.8 Å². The molecule has 0 spiro atoms. The van der Waals surface area contributed by atoms with Crippen molar-refractivity contribution in [2.45, 2.75) is 19.8 Å². The van der Waals surface area contributed by atoms with Gasteiger partial charge in [-0.25, -0.2) is 0 Å². The first-order valence-electron chi connectivity index (χ1n) is 7.28. The van der Waals surface area contributed by atoms with Crippen LogP contribution in [0.4, 0.5) is 0 Å². The Hall–Kier alpha value is -0.730. The second-order valence-electron chi connectivity index (χ2n) is 5.64. The van der Waals surface area contributed by atoms with Crippen molar-refractivity contribution in [3.05, 3.63) is 35.5 Å². The summed E-state index contributed by atoms with van der Waals surface area (Å²) in [6.45, 7) is 11.2. The molecule has 0 saturated carbocycles. The zero-order chi connectivity index (χ0) is 13.8. The van der Waals surface area contributed by atoms with E-state index >= 15 is 0 Å². The van der Waals surface area contributed by atoms with Crippen molar-refractivity contribution in [3.63, 3.8) is 0 Å². The summed E-state index contributed by atoms with van der Waals surface area (Å²) in [6.07, 6.45) is 8.62. The van der Waals surface area contributed by atoms with E-state index in [1.165, 1.54) is 5.70 Å². The Bertz CT molecular complexity index is 378. The summed E-state index contributed by atoms with van der Waals surface area (Å²) >= 11 is 6.01. The molecule has 0 N–H and O–H groups in total. The summed E-state index contributed by atoms with van der Waals surface area (Å²) in [5.41, 5.74) is 1.32. The Morgan fingerprint density at radius 2 is 2.11 bits per heavy atom. The maximum atomic E-state index is 6.01. The molecule has 0 bridgehead atoms. The summed E-state index contributed by atoms with van der Waals surface area (Å²) in [6, 6.07) is 0. The molecule has 2 rings (SSSR count). The Kier molecular flexibility index (Phi) is 5.12. The van der Waals surface area contributed by atoms with E-state index < -0.39 is 0 Å². The van der Waals surface area contributed by atoms with Crippen LogP contribution in [0.15, 0.2) is 35.5 Å². The number of piperazine rings is 1. The van der Waals surface area contributed by atoms with Gasteiger partial charge in [-0.1, -0.05) is 37.3 Å². The molecule has 2 aliphatic rings. The molecule has 0 amide bonds. The minimum Gasteiger partial charge on any atom is -0.372 e. The van der Waals surface area contributed by atoms with Crippen molar-refractivity contribution in [2.24, 2.45) is 11.8 Å². The second-order valence-corrected chi connectivity index (χ2v) is 6.08. The van der Waals surface area contributed by atoms with E-state index in [2.05, 4.69) is 42.5 Å². The van der Waals surface area contributed by atoms with E-state index in [1.807, 2.05) is 6.08 Å². The number of hydrogen-bond donors (Lipinski definition) is 0. The SMILES string of the molecule is C=C(C(CC)C1C=CC(Cl)=CC1)N1CCN(C)CC1. The van der Waals surface area contributed by atoms with Crippen LogP contribution >= 0.6 is 11.6 Å². The van der Waals surface area contributed by atoms with Crippen LogP contribution < -0.4 is 0 Å². The lowest BCUT2D eigenvalue weighted by Gasteiger charge is -2.39. The standard InChI is InChI=1S/C16H25ClN2/c1-4-16(14-5-7-15(17)8-6-14)13(2)19-11-9-18(3)10-12-19/h5,7-8,14,16H,2,4,6,9-12H2,1,3H3. The van der Waals surface area contributed by atoms with Gasteiger partial charge < -0.3 is 9.80 Å². The van der Waals surface area contributed by atoms with Crippen LogP contribution in [-0.4, -0.2) is 43.0 Å². The maximum absolute atomic E-state index is 6.01. The van der Waals surface area contributed by atoms with E-state index in [0.29, 0.717) is 11.8 Å². The highest BCUT2D eigenvalue weighted by Gasteiger charge is 2.26. The highest BCUT2D eigenvalue weighted by Crippen LogP contribution is 2.33. The molecule has 19 heavy (non-hydrogen) atoms. The van der Waals surface area contributed by atoms with Crippen LogP contribution in [0, 0.1) is 11.8 Å². The van der Waals surface area contributed by atoms with Crippen molar-refractivity contribution in [3.8, 4) is 0 Å². The third kappa shape index (κ3) is 3.64. The number of allylic oxidation sites excluding steroid dienone is 5. The fourth-order valence-corrected chi connectivity index (χ4v) is 3.18. The van der Waals surface area contributed by atoms with Gasteiger partial charge in [-0.3, -0.25) is 0 Å². The molecule has 1 saturated heterocycles. The van der Waals surface area contributed by atoms with Crippen molar-refractivity contribution in [1.82, 2.24) is 9.80 Å². The van der Waals surface area contributed by atoms with Crippen molar-refractivity contribution in [2.75, 3.05) is 33.2 Å². The van der Waals surface area contributed by atoms with Gasteiger partial charge in [-0.2, -0.15) is 0 Å². The van der Waals surface area contributed by atoms with E-state index in [-0.39, 0.29) is 0 Å². The van der Waals surface area contributed by atoms with Gasteiger partial charge in [0.05, 0.1) is 0 Å². The molecule has 1 heterocycles. The molecule has 3 heteroatoms. The minimum atomic E-state index is 0.542. The quantitative estimate of drug-likeness (QED) is 0.778. The molecule has 0 aromatic heterocycles. The average Bonchev–Trinajstić information content (AvgIpc) is 2.42. The third-order valence-electron chi connectivity index (χ3n) is 4.38. The second kappa shape index (κ2) is 6.62. The molecule has 0 radical (unpaired) electrons. The largest absolute Gasteiger partial charge is 0.372 e. The monoisotopic (exact) mass is 280 g/mol. The molecule has 2 atom stereocenters. The van der Waals surface area contributed by atoms with E-state index in [1.54, 1.807) is 0 Å². The third-order valence-corrected chi connectivity index (χ3v) is 4.66. The van der Waals surface area contributed by atoms with Crippen LogP contribution in [0.25, 0.3) is 0 Å². The zero-order valence-electron chi connectivity index (χ0n) is 12.1. The molecule has 1 fully saturated rings. The lowest BCUT2D eigenvalue weighted by molar-refractivity contribution is 0.165. The van der Waals surface area contributed by atoms with E-state index in [9.17, 15) is 0 Å². The molecule has 0 aromatic rings. The van der Waals surface area contributed by atoms with Gasteiger partial charge in [0.15, 0.2) is 0 Å². The van der Waals surface area contributed by atoms with Gasteiger partial charge >= 0.3 is 0 Å².